The van der Waals surface area contributed by atoms with Crippen LogP contribution >= 0.6 is 21.6 Å². The zero-order valence-corrected chi connectivity index (χ0v) is 27.5. The first-order valence-corrected chi connectivity index (χ1v) is 18.7. The van der Waals surface area contributed by atoms with Gasteiger partial charge in [-0.3, -0.25) is 9.59 Å². The Morgan fingerprint density at radius 1 is 1.05 bits per heavy atom. The van der Waals surface area contributed by atoms with Crippen LogP contribution in [0, 0.1) is 46.3 Å². The molecule has 5 nitrogen and oxygen atoms in total. The summed E-state index contributed by atoms with van der Waals surface area (Å²) in [5.74, 6) is 5.47. The second-order valence-electron chi connectivity index (χ2n) is 14.3. The number of allylic oxidation sites excluding steroid dienone is 1. The van der Waals surface area contributed by atoms with E-state index in [2.05, 4.69) is 46.0 Å². The van der Waals surface area contributed by atoms with Gasteiger partial charge in [-0.25, -0.2) is 0 Å². The molecular weight excluding hydrogens is 537 g/mol. The number of carbonyl (C=O) groups is 2. The predicted molar refractivity (Wildman–Crippen MR) is 170 cm³/mol. The number of nitrogens with two attached hydrogens (primary N) is 1. The standard InChI is InChI=1S/C33H56N2O3S2/c1-22(2)7-6-8-23(3)27-11-12-28-26-10-9-24-19-25(13-15-32(24,4)29(26)14-16-33(27,28)5)38-31(37)21-40-39-20-30(36)35-18-17-34/h9,22-23,25-29H,6-8,10-21,34H2,1-5H3,(H,35,36)/t23?,25-,26-,27+,28-,29-,32-,33+/m0/s1. The van der Waals surface area contributed by atoms with Crippen LogP contribution in [0.1, 0.15) is 105 Å². The highest BCUT2D eigenvalue weighted by molar-refractivity contribution is 8.77. The minimum absolute atomic E-state index is 0.00164. The van der Waals surface area contributed by atoms with Crippen LogP contribution in [0.2, 0.25) is 0 Å². The Morgan fingerprint density at radius 2 is 1.82 bits per heavy atom. The molecule has 4 rings (SSSR count). The average Bonchev–Trinajstić information content (AvgIpc) is 3.27. The summed E-state index contributed by atoms with van der Waals surface area (Å²) in [5, 5.41) is 2.75. The summed E-state index contributed by atoms with van der Waals surface area (Å²) in [5.41, 5.74) is 7.77. The van der Waals surface area contributed by atoms with Crippen molar-refractivity contribution < 1.29 is 14.3 Å². The molecule has 0 aromatic rings. The molecule has 1 unspecified atom stereocenters. The first-order valence-electron chi connectivity index (χ1n) is 16.2. The highest BCUT2D eigenvalue weighted by Gasteiger charge is 2.59. The largest absolute Gasteiger partial charge is 0.461 e. The minimum atomic E-state index is -0.157. The van der Waals surface area contributed by atoms with Crippen LogP contribution in [0.4, 0.5) is 0 Å². The lowest BCUT2D eigenvalue weighted by Crippen LogP contribution is -2.51. The third-order valence-electron chi connectivity index (χ3n) is 11.5. The fourth-order valence-electron chi connectivity index (χ4n) is 9.42. The molecule has 3 fully saturated rings. The number of nitrogens with one attached hydrogen (secondary N) is 1. The van der Waals surface area contributed by atoms with Crippen molar-refractivity contribution in [3.8, 4) is 0 Å². The van der Waals surface area contributed by atoms with E-state index < -0.39 is 0 Å². The fraction of sp³-hybridized carbons (Fsp3) is 0.879. The number of carbonyl (C=O) groups excluding carboxylic acids is 2. The maximum absolute atomic E-state index is 12.5. The van der Waals surface area contributed by atoms with Gasteiger partial charge in [0.15, 0.2) is 0 Å². The molecule has 0 bridgehead atoms. The summed E-state index contributed by atoms with van der Waals surface area (Å²) in [6.45, 7) is 13.4. The topological polar surface area (TPSA) is 81.4 Å². The first kappa shape index (κ1) is 32.3. The van der Waals surface area contributed by atoms with E-state index in [0.29, 0.717) is 24.3 Å². The Kier molecular flexibility index (Phi) is 11.5. The summed E-state index contributed by atoms with van der Waals surface area (Å²) in [6, 6.07) is 0. The average molecular weight is 593 g/mol. The van der Waals surface area contributed by atoms with Crippen LogP contribution < -0.4 is 11.1 Å². The van der Waals surface area contributed by atoms with Crippen molar-refractivity contribution in [3.05, 3.63) is 11.6 Å². The lowest BCUT2D eigenvalue weighted by atomic mass is 9.47. The van der Waals surface area contributed by atoms with Crippen molar-refractivity contribution in [3.63, 3.8) is 0 Å². The van der Waals surface area contributed by atoms with Crippen molar-refractivity contribution >= 4 is 33.5 Å². The van der Waals surface area contributed by atoms with Crippen molar-refractivity contribution in [2.75, 3.05) is 24.6 Å². The second kappa shape index (κ2) is 14.2. The zero-order chi connectivity index (χ0) is 28.9. The summed E-state index contributed by atoms with van der Waals surface area (Å²) >= 11 is 0. The molecule has 8 atom stereocenters. The van der Waals surface area contributed by atoms with Gasteiger partial charge in [-0.05, 0) is 91.3 Å². The maximum atomic E-state index is 12.5. The van der Waals surface area contributed by atoms with Crippen molar-refractivity contribution in [2.24, 2.45) is 52.1 Å². The molecule has 0 saturated heterocycles. The van der Waals surface area contributed by atoms with E-state index in [1.54, 1.807) is 5.57 Å². The Hall–Kier alpha value is -0.660. The summed E-state index contributed by atoms with van der Waals surface area (Å²) in [4.78, 5) is 24.2. The zero-order valence-electron chi connectivity index (χ0n) is 25.8. The molecule has 0 heterocycles. The molecule has 1 amide bonds. The molecule has 4 aliphatic carbocycles. The molecule has 228 valence electrons. The molecule has 0 radical (unpaired) electrons. The number of esters is 1. The van der Waals surface area contributed by atoms with Gasteiger partial charge in [0.25, 0.3) is 0 Å². The van der Waals surface area contributed by atoms with E-state index >= 15 is 0 Å². The molecule has 0 aromatic carbocycles. The Morgan fingerprint density at radius 3 is 2.58 bits per heavy atom. The molecule has 0 aliphatic heterocycles. The predicted octanol–water partition coefficient (Wildman–Crippen LogP) is 7.40. The van der Waals surface area contributed by atoms with Gasteiger partial charge in [0, 0.05) is 19.5 Å². The number of hydrogen-bond donors (Lipinski definition) is 2. The van der Waals surface area contributed by atoms with Crippen LogP contribution in [0.5, 0.6) is 0 Å². The molecule has 3 saturated carbocycles. The van der Waals surface area contributed by atoms with Gasteiger partial charge in [-0.15, -0.1) is 0 Å². The number of fused-ring (bicyclic) bond motifs is 5. The van der Waals surface area contributed by atoms with Gasteiger partial charge in [-0.2, -0.15) is 0 Å². The summed E-state index contributed by atoms with van der Waals surface area (Å²) in [6.07, 6.45) is 16.6. The molecule has 7 heteroatoms. The number of hydrogen-bond acceptors (Lipinski definition) is 6. The minimum Gasteiger partial charge on any atom is -0.461 e. The molecule has 0 spiro atoms. The Balaban J connectivity index is 1.29. The highest BCUT2D eigenvalue weighted by atomic mass is 33.1. The van der Waals surface area contributed by atoms with E-state index in [1.165, 1.54) is 73.0 Å². The smallest absolute Gasteiger partial charge is 0.317 e. The quantitative estimate of drug-likeness (QED) is 0.100. The van der Waals surface area contributed by atoms with Crippen LogP contribution in [-0.2, 0) is 14.3 Å². The van der Waals surface area contributed by atoms with Crippen LogP contribution in [0.3, 0.4) is 0 Å². The fourth-order valence-corrected chi connectivity index (χ4v) is 11.1. The summed E-state index contributed by atoms with van der Waals surface area (Å²) < 4.78 is 5.93. The first-order chi connectivity index (χ1) is 19.1. The highest BCUT2D eigenvalue weighted by Crippen LogP contribution is 2.67. The maximum Gasteiger partial charge on any atom is 0.317 e. The van der Waals surface area contributed by atoms with Crippen LogP contribution in [-0.4, -0.2) is 42.6 Å². The third kappa shape index (κ3) is 7.27. The lowest BCUT2D eigenvalue weighted by molar-refractivity contribution is -0.148. The number of rotatable bonds is 13. The van der Waals surface area contributed by atoms with Gasteiger partial charge < -0.3 is 15.8 Å². The van der Waals surface area contributed by atoms with Gasteiger partial charge in [-0.1, -0.05) is 87.1 Å². The van der Waals surface area contributed by atoms with E-state index in [9.17, 15) is 9.59 Å². The number of amides is 1. The molecule has 40 heavy (non-hydrogen) atoms. The third-order valence-corrected chi connectivity index (χ3v) is 13.6. The second-order valence-corrected chi connectivity index (χ2v) is 16.8. The van der Waals surface area contributed by atoms with Gasteiger partial charge in [0.05, 0.1) is 5.75 Å². The van der Waals surface area contributed by atoms with E-state index in [0.717, 1.165) is 54.8 Å². The summed E-state index contributed by atoms with van der Waals surface area (Å²) in [7, 11) is 2.80. The van der Waals surface area contributed by atoms with Crippen molar-refractivity contribution in [2.45, 2.75) is 111 Å². The normalized spacial score (nSPS) is 35.8. The van der Waals surface area contributed by atoms with Crippen LogP contribution in [0.15, 0.2) is 11.6 Å². The van der Waals surface area contributed by atoms with E-state index in [1.807, 2.05) is 0 Å². The SMILES string of the molecule is CC(C)CCCC(C)[C@H]1CC[C@H]2[C@@H]3CC=C4C[C@@H](OC(=O)CSSCC(=O)NCCN)CC[C@]4(C)[C@H]3CC[C@]12C. The number of ether oxygens (including phenoxy) is 1. The van der Waals surface area contributed by atoms with E-state index in [4.69, 9.17) is 10.5 Å². The van der Waals surface area contributed by atoms with Crippen molar-refractivity contribution in [1.82, 2.24) is 5.32 Å². The Bertz CT molecular complexity index is 910. The van der Waals surface area contributed by atoms with Gasteiger partial charge in [0.1, 0.15) is 11.9 Å². The van der Waals surface area contributed by atoms with E-state index in [-0.39, 0.29) is 29.1 Å². The van der Waals surface area contributed by atoms with Gasteiger partial charge >= 0.3 is 5.97 Å². The van der Waals surface area contributed by atoms with Crippen LogP contribution in [0.25, 0.3) is 0 Å². The molecule has 4 aliphatic rings. The van der Waals surface area contributed by atoms with Crippen molar-refractivity contribution in [1.29, 1.82) is 0 Å². The Labute approximate surface area is 252 Å². The molecular formula is C33H56N2O3S2. The van der Waals surface area contributed by atoms with Gasteiger partial charge in [0.2, 0.25) is 5.91 Å². The molecule has 0 aromatic heterocycles. The molecule has 3 N–H and O–H groups in total. The monoisotopic (exact) mass is 592 g/mol. The lowest BCUT2D eigenvalue weighted by Gasteiger charge is -2.58.